The van der Waals surface area contributed by atoms with Gasteiger partial charge in [0, 0.05) is 12.0 Å². The molecule has 0 rings (SSSR count). The molecule has 2 nitrogen and oxygen atoms in total. The summed E-state index contributed by atoms with van der Waals surface area (Å²) in [6.45, 7) is 8.08. The molecule has 0 spiro atoms. The van der Waals surface area contributed by atoms with Crippen molar-refractivity contribution in [3.63, 3.8) is 0 Å². The van der Waals surface area contributed by atoms with Gasteiger partial charge in [0.05, 0.1) is 0 Å². The molecule has 2 heteroatoms. The van der Waals surface area contributed by atoms with Gasteiger partial charge < -0.3 is 5.11 Å². The van der Waals surface area contributed by atoms with Crippen LogP contribution in [0.2, 0.25) is 0 Å². The number of aliphatic carboxylic acids is 1. The van der Waals surface area contributed by atoms with Gasteiger partial charge >= 0.3 is 5.97 Å². The van der Waals surface area contributed by atoms with E-state index in [0.717, 1.165) is 11.1 Å². The Balaban J connectivity index is 4.60. The summed E-state index contributed by atoms with van der Waals surface area (Å²) < 4.78 is 0. The first-order valence-corrected chi connectivity index (χ1v) is 5.33. The third-order valence-corrected chi connectivity index (χ3v) is 2.23. The third-order valence-electron chi connectivity index (χ3n) is 2.23. The Morgan fingerprint density at radius 3 is 2.25 bits per heavy atom. The lowest BCUT2D eigenvalue weighted by Gasteiger charge is -2.17. The van der Waals surface area contributed by atoms with E-state index in [1.807, 2.05) is 19.1 Å². The fraction of sp³-hybridized carbons (Fsp3) is 0.500. The van der Waals surface area contributed by atoms with Gasteiger partial charge in [-0.2, -0.15) is 0 Å². The van der Waals surface area contributed by atoms with Crippen LogP contribution in [-0.2, 0) is 4.79 Å². The van der Waals surface area contributed by atoms with Crippen LogP contribution in [0.3, 0.4) is 0 Å². The number of terminal acetylenes is 1. The average molecular weight is 220 g/mol. The molecule has 0 amide bonds. The zero-order chi connectivity index (χ0) is 12.8. The van der Waals surface area contributed by atoms with E-state index in [1.165, 1.54) is 0 Å². The summed E-state index contributed by atoms with van der Waals surface area (Å²) in [7, 11) is 0. The second-order valence-corrected chi connectivity index (χ2v) is 4.88. The second-order valence-electron chi connectivity index (χ2n) is 4.88. The van der Waals surface area contributed by atoms with Gasteiger partial charge in [-0.25, -0.2) is 0 Å². The van der Waals surface area contributed by atoms with E-state index in [9.17, 15) is 4.79 Å². The monoisotopic (exact) mass is 220 g/mol. The van der Waals surface area contributed by atoms with Crippen LogP contribution in [0.5, 0.6) is 0 Å². The molecular formula is C14H20O2. The zero-order valence-corrected chi connectivity index (χ0v) is 10.5. The minimum Gasteiger partial charge on any atom is -0.481 e. The maximum Gasteiger partial charge on any atom is 0.303 e. The summed E-state index contributed by atoms with van der Waals surface area (Å²) in [4.78, 5) is 10.4. The average Bonchev–Trinajstić information content (AvgIpc) is 2.13. The Hall–Kier alpha value is -1.49. The van der Waals surface area contributed by atoms with Gasteiger partial charge in [-0.05, 0) is 18.8 Å². The molecule has 0 saturated carbocycles. The molecule has 0 fully saturated rings. The van der Waals surface area contributed by atoms with Crippen molar-refractivity contribution in [2.75, 3.05) is 0 Å². The van der Waals surface area contributed by atoms with E-state index >= 15 is 0 Å². The van der Waals surface area contributed by atoms with Crippen molar-refractivity contribution in [2.24, 2.45) is 5.41 Å². The number of carbonyl (C=O) groups is 1. The fourth-order valence-electron chi connectivity index (χ4n) is 1.13. The number of hydrogen-bond donors (Lipinski definition) is 1. The van der Waals surface area contributed by atoms with Gasteiger partial charge in [-0.3, -0.25) is 4.79 Å². The highest BCUT2D eigenvalue weighted by Crippen LogP contribution is 2.24. The van der Waals surface area contributed by atoms with Gasteiger partial charge in [0.2, 0.25) is 0 Å². The van der Waals surface area contributed by atoms with Crippen molar-refractivity contribution in [3.8, 4) is 12.3 Å². The Labute approximate surface area is 98.1 Å². The van der Waals surface area contributed by atoms with Crippen molar-refractivity contribution in [3.05, 3.63) is 23.3 Å². The molecule has 0 unspecified atom stereocenters. The molecular weight excluding hydrogens is 200 g/mol. The maximum absolute atomic E-state index is 10.4. The van der Waals surface area contributed by atoms with Gasteiger partial charge in [-0.1, -0.05) is 44.4 Å². The van der Waals surface area contributed by atoms with Crippen LogP contribution >= 0.6 is 0 Å². The van der Waals surface area contributed by atoms with Crippen molar-refractivity contribution in [1.82, 2.24) is 0 Å². The Morgan fingerprint density at radius 1 is 1.31 bits per heavy atom. The molecule has 0 aliphatic rings. The summed E-state index contributed by atoms with van der Waals surface area (Å²) >= 11 is 0. The van der Waals surface area contributed by atoms with Crippen LogP contribution in [0.25, 0.3) is 0 Å². The summed E-state index contributed by atoms with van der Waals surface area (Å²) in [6.07, 6.45) is 9.96. The first-order valence-electron chi connectivity index (χ1n) is 5.33. The van der Waals surface area contributed by atoms with Crippen LogP contribution in [0.4, 0.5) is 0 Å². The molecule has 1 N–H and O–H groups in total. The van der Waals surface area contributed by atoms with Crippen LogP contribution in [-0.4, -0.2) is 11.1 Å². The molecule has 0 heterocycles. The molecule has 0 aromatic heterocycles. The van der Waals surface area contributed by atoms with Crippen LogP contribution in [0.15, 0.2) is 23.3 Å². The SMILES string of the molecule is C#C/C(=C\C=C(/C)CCC(=O)O)C(C)(C)C. The third kappa shape index (κ3) is 6.08. The van der Waals surface area contributed by atoms with Gasteiger partial charge in [0.1, 0.15) is 0 Å². The maximum atomic E-state index is 10.4. The lowest BCUT2D eigenvalue weighted by Crippen LogP contribution is -2.07. The lowest BCUT2D eigenvalue weighted by atomic mass is 9.86. The second kappa shape index (κ2) is 6.17. The van der Waals surface area contributed by atoms with Crippen LogP contribution < -0.4 is 0 Å². The summed E-state index contributed by atoms with van der Waals surface area (Å²) in [5.41, 5.74) is 1.90. The summed E-state index contributed by atoms with van der Waals surface area (Å²) in [5, 5.41) is 8.54. The molecule has 0 aliphatic heterocycles. The predicted molar refractivity (Wildman–Crippen MR) is 67.0 cm³/mol. The predicted octanol–water partition coefficient (Wildman–Crippen LogP) is 3.40. The quantitative estimate of drug-likeness (QED) is 0.582. The lowest BCUT2D eigenvalue weighted by molar-refractivity contribution is -0.136. The highest BCUT2D eigenvalue weighted by molar-refractivity contribution is 5.67. The minimum absolute atomic E-state index is 0.0433. The van der Waals surface area contributed by atoms with Crippen molar-refractivity contribution < 1.29 is 9.90 Å². The molecule has 16 heavy (non-hydrogen) atoms. The van der Waals surface area contributed by atoms with Crippen molar-refractivity contribution in [1.29, 1.82) is 0 Å². The van der Waals surface area contributed by atoms with Gasteiger partial charge in [-0.15, -0.1) is 6.42 Å². The molecule has 0 bridgehead atoms. The highest BCUT2D eigenvalue weighted by atomic mass is 16.4. The van der Waals surface area contributed by atoms with Crippen LogP contribution in [0.1, 0.15) is 40.5 Å². The zero-order valence-electron chi connectivity index (χ0n) is 10.5. The van der Waals surface area contributed by atoms with Gasteiger partial charge in [0.15, 0.2) is 0 Å². The van der Waals surface area contributed by atoms with Crippen molar-refractivity contribution >= 4 is 5.97 Å². The first-order chi connectivity index (χ1) is 7.27. The number of allylic oxidation sites excluding steroid dienone is 4. The molecule has 0 aromatic carbocycles. The van der Waals surface area contributed by atoms with Crippen LogP contribution in [0, 0.1) is 17.8 Å². The summed E-state index contributed by atoms with van der Waals surface area (Å²) in [5.74, 6) is 1.89. The molecule has 0 saturated heterocycles. The normalized spacial score (nSPS) is 13.4. The van der Waals surface area contributed by atoms with Gasteiger partial charge in [0.25, 0.3) is 0 Å². The van der Waals surface area contributed by atoms with E-state index in [2.05, 4.69) is 26.7 Å². The topological polar surface area (TPSA) is 37.3 Å². The standard InChI is InChI=1S/C14H20O2/c1-6-12(14(3,4)5)9-7-11(2)8-10-13(15)16/h1,7,9H,8,10H2,2-5H3,(H,15,16)/b11-7+,12-9+. The Morgan fingerprint density at radius 2 is 1.88 bits per heavy atom. The van der Waals surface area contributed by atoms with E-state index in [0.29, 0.717) is 6.42 Å². The minimum atomic E-state index is -0.773. The first kappa shape index (κ1) is 14.5. The molecule has 88 valence electrons. The smallest absolute Gasteiger partial charge is 0.303 e. The molecule has 0 aliphatic carbocycles. The van der Waals surface area contributed by atoms with Crippen molar-refractivity contribution in [2.45, 2.75) is 40.5 Å². The molecule has 0 aromatic rings. The van der Waals surface area contributed by atoms with E-state index in [1.54, 1.807) is 0 Å². The largest absolute Gasteiger partial charge is 0.481 e. The van der Waals surface area contributed by atoms with E-state index in [4.69, 9.17) is 11.5 Å². The Kier molecular flexibility index (Phi) is 5.60. The van der Waals surface area contributed by atoms with E-state index < -0.39 is 5.97 Å². The number of hydrogen-bond acceptors (Lipinski definition) is 1. The molecule has 0 atom stereocenters. The number of rotatable bonds is 4. The number of carboxylic acid groups (broad SMARTS) is 1. The fourth-order valence-corrected chi connectivity index (χ4v) is 1.13. The number of carboxylic acids is 1. The summed E-state index contributed by atoms with van der Waals surface area (Å²) in [6, 6.07) is 0. The van der Waals surface area contributed by atoms with E-state index in [-0.39, 0.29) is 11.8 Å². The Bertz CT molecular complexity index is 346. The molecule has 0 radical (unpaired) electrons. The highest BCUT2D eigenvalue weighted by Gasteiger charge is 2.13.